The lowest BCUT2D eigenvalue weighted by Gasteiger charge is -2.02. The van der Waals surface area contributed by atoms with Gasteiger partial charge in [-0.05, 0) is 19.1 Å². The van der Waals surface area contributed by atoms with Gasteiger partial charge in [-0.2, -0.15) is 10.1 Å². The van der Waals surface area contributed by atoms with Crippen LogP contribution in [0.1, 0.15) is 23.3 Å². The zero-order valence-corrected chi connectivity index (χ0v) is 18.1. The highest BCUT2D eigenvalue weighted by molar-refractivity contribution is 5.90. The van der Waals surface area contributed by atoms with Crippen LogP contribution in [0.4, 0.5) is 11.4 Å². The summed E-state index contributed by atoms with van der Waals surface area (Å²) in [5.41, 5.74) is 0.486. The zero-order chi connectivity index (χ0) is 24.9. The van der Waals surface area contributed by atoms with Crippen LogP contribution in [0.2, 0.25) is 0 Å². The molecule has 14 nitrogen and oxygen atoms in total. The highest BCUT2D eigenvalue weighted by Gasteiger charge is 2.22. The average molecular weight is 480 g/mol. The number of aromatic nitrogens is 4. The van der Waals surface area contributed by atoms with Crippen molar-refractivity contribution in [3.63, 3.8) is 0 Å². The van der Waals surface area contributed by atoms with Gasteiger partial charge in [-0.1, -0.05) is 17.3 Å². The van der Waals surface area contributed by atoms with E-state index < -0.39 is 15.8 Å². The minimum Gasteiger partial charge on any atom is -0.479 e. The molecule has 2 aromatic heterocycles. The fourth-order valence-electron chi connectivity index (χ4n) is 2.99. The molecule has 14 heteroatoms. The third kappa shape index (κ3) is 5.11. The molecule has 0 saturated carbocycles. The first-order chi connectivity index (χ1) is 16.9. The average Bonchev–Trinajstić information content (AvgIpc) is 3.50. The van der Waals surface area contributed by atoms with Crippen molar-refractivity contribution in [1.29, 1.82) is 0 Å². The molecule has 0 amide bonds. The Morgan fingerprint density at radius 3 is 2.51 bits per heavy atom. The summed E-state index contributed by atoms with van der Waals surface area (Å²) in [6.45, 7) is 1.51. The van der Waals surface area contributed by atoms with Crippen LogP contribution in [0.3, 0.4) is 0 Å². The van der Waals surface area contributed by atoms with Crippen molar-refractivity contribution in [3.05, 3.63) is 86.5 Å². The number of nitro groups is 2. The lowest BCUT2D eigenvalue weighted by molar-refractivity contribution is -0.385. The minimum atomic E-state index is -0.731. The Morgan fingerprint density at radius 2 is 1.83 bits per heavy atom. The van der Waals surface area contributed by atoms with Crippen molar-refractivity contribution in [2.24, 2.45) is 0 Å². The topological polar surface area (TPSA) is 179 Å². The summed E-state index contributed by atoms with van der Waals surface area (Å²) in [4.78, 5) is 37.3. The molecule has 0 aliphatic carbocycles. The second-order valence-electron chi connectivity index (χ2n) is 6.89. The van der Waals surface area contributed by atoms with Crippen molar-refractivity contribution in [1.82, 2.24) is 19.9 Å². The Bertz CT molecular complexity index is 1400. The summed E-state index contributed by atoms with van der Waals surface area (Å²) in [6.07, 6.45) is 1.41. The summed E-state index contributed by atoms with van der Waals surface area (Å²) >= 11 is 0. The third-order valence-corrected chi connectivity index (χ3v) is 4.61. The number of non-ortho nitro benzene ring substituents is 2. The van der Waals surface area contributed by atoms with Crippen LogP contribution >= 0.6 is 0 Å². The summed E-state index contributed by atoms with van der Waals surface area (Å²) < 4.78 is 17.2. The normalized spacial score (nSPS) is 10.7. The van der Waals surface area contributed by atoms with Crippen LogP contribution in [0.25, 0.3) is 17.1 Å². The summed E-state index contributed by atoms with van der Waals surface area (Å²) in [6, 6.07) is 11.3. The molecule has 0 atom stereocenters. The maximum Gasteiger partial charge on any atom is 0.362 e. The number of rotatable bonds is 9. The van der Waals surface area contributed by atoms with Gasteiger partial charge in [0.1, 0.15) is 0 Å². The van der Waals surface area contributed by atoms with E-state index in [2.05, 4.69) is 15.2 Å². The second-order valence-corrected chi connectivity index (χ2v) is 6.89. The highest BCUT2D eigenvalue weighted by Crippen LogP contribution is 2.25. The monoisotopic (exact) mass is 480 g/mol. The van der Waals surface area contributed by atoms with Crippen molar-refractivity contribution in [2.45, 2.75) is 13.5 Å². The predicted molar refractivity (Wildman–Crippen MR) is 117 cm³/mol. The smallest absolute Gasteiger partial charge is 0.362 e. The fraction of sp³-hybridized carbons (Fsp3) is 0.143. The largest absolute Gasteiger partial charge is 0.479 e. The van der Waals surface area contributed by atoms with Gasteiger partial charge in [0, 0.05) is 29.8 Å². The van der Waals surface area contributed by atoms with Crippen LogP contribution < -0.4 is 4.74 Å². The zero-order valence-electron chi connectivity index (χ0n) is 18.1. The molecule has 0 radical (unpaired) electrons. The Balaban J connectivity index is 1.56. The first-order valence-corrected chi connectivity index (χ1v) is 10.1. The Hall–Kier alpha value is -5.14. The summed E-state index contributed by atoms with van der Waals surface area (Å²) in [7, 11) is 0. The van der Waals surface area contributed by atoms with Gasteiger partial charge in [0.05, 0.1) is 28.3 Å². The molecule has 0 aliphatic rings. The first kappa shape index (κ1) is 23.0. The van der Waals surface area contributed by atoms with Crippen molar-refractivity contribution in [2.75, 3.05) is 6.61 Å². The van der Waals surface area contributed by atoms with Crippen LogP contribution in [0, 0.1) is 20.2 Å². The molecule has 0 unspecified atom stereocenters. The summed E-state index contributed by atoms with van der Waals surface area (Å²) in [5, 5.41) is 29.8. The number of carbonyl (C=O) groups is 1. The van der Waals surface area contributed by atoms with E-state index in [0.717, 1.165) is 0 Å². The van der Waals surface area contributed by atoms with E-state index >= 15 is 0 Å². The number of hydrogen-bond acceptors (Lipinski definition) is 11. The second kappa shape index (κ2) is 9.78. The van der Waals surface area contributed by atoms with Gasteiger partial charge in [-0.3, -0.25) is 20.2 Å². The van der Waals surface area contributed by atoms with Gasteiger partial charge in [-0.25, -0.2) is 9.48 Å². The van der Waals surface area contributed by atoms with Crippen molar-refractivity contribution >= 4 is 17.3 Å². The number of nitrogens with zero attached hydrogens (tertiary/aromatic N) is 6. The molecule has 0 aliphatic heterocycles. The fourth-order valence-corrected chi connectivity index (χ4v) is 2.99. The molecule has 0 spiro atoms. The molecule has 0 N–H and O–H groups in total. The van der Waals surface area contributed by atoms with E-state index in [4.69, 9.17) is 14.0 Å². The van der Waals surface area contributed by atoms with E-state index in [1.807, 2.05) is 0 Å². The maximum absolute atomic E-state index is 12.4. The van der Waals surface area contributed by atoms with Gasteiger partial charge in [-0.15, -0.1) is 0 Å². The Labute approximate surface area is 196 Å². The molecule has 4 rings (SSSR count). The van der Waals surface area contributed by atoms with Gasteiger partial charge < -0.3 is 14.0 Å². The standard InChI is InChI=1S/C21H16N6O8/c1-2-33-21(28)19-17(11-25(23-19)14-6-8-15(9-7-14)26(29)30)34-12-18-22-20(24-35-18)13-4-3-5-16(10-13)27(31)32/h3-11H,2,12H2,1H3. The van der Waals surface area contributed by atoms with Gasteiger partial charge in [0.25, 0.3) is 17.3 Å². The van der Waals surface area contributed by atoms with E-state index in [1.54, 1.807) is 13.0 Å². The molecular formula is C21H16N6O8. The molecule has 35 heavy (non-hydrogen) atoms. The van der Waals surface area contributed by atoms with Crippen LogP contribution in [-0.4, -0.2) is 42.3 Å². The highest BCUT2D eigenvalue weighted by atomic mass is 16.6. The number of nitro benzene ring substituents is 2. The van der Waals surface area contributed by atoms with Crippen molar-refractivity contribution < 1.29 is 28.6 Å². The van der Waals surface area contributed by atoms with Gasteiger partial charge in [0.2, 0.25) is 11.5 Å². The van der Waals surface area contributed by atoms with E-state index in [-0.39, 0.29) is 47.7 Å². The molecule has 2 aromatic carbocycles. The third-order valence-electron chi connectivity index (χ3n) is 4.61. The number of benzene rings is 2. The molecule has 4 aromatic rings. The summed E-state index contributed by atoms with van der Waals surface area (Å²) in [5.74, 6) is -0.508. The van der Waals surface area contributed by atoms with Crippen LogP contribution in [0.5, 0.6) is 5.75 Å². The van der Waals surface area contributed by atoms with Crippen molar-refractivity contribution in [3.8, 4) is 22.8 Å². The number of ether oxygens (including phenoxy) is 2. The maximum atomic E-state index is 12.4. The van der Waals surface area contributed by atoms with Crippen LogP contribution in [-0.2, 0) is 11.3 Å². The molecular weight excluding hydrogens is 464 g/mol. The SMILES string of the molecule is CCOC(=O)c1nn(-c2ccc([N+](=O)[O-])cc2)cc1OCc1nc(-c2cccc([N+](=O)[O-])c2)no1. The lowest BCUT2D eigenvalue weighted by Crippen LogP contribution is -2.08. The van der Waals surface area contributed by atoms with E-state index in [0.29, 0.717) is 11.3 Å². The van der Waals surface area contributed by atoms with Gasteiger partial charge >= 0.3 is 5.97 Å². The molecule has 0 saturated heterocycles. The first-order valence-electron chi connectivity index (χ1n) is 10.1. The van der Waals surface area contributed by atoms with Gasteiger partial charge in [0.15, 0.2) is 12.4 Å². The molecule has 2 heterocycles. The minimum absolute atomic E-state index is 0.0457. The van der Waals surface area contributed by atoms with Crippen LogP contribution in [0.15, 0.2) is 59.3 Å². The molecule has 178 valence electrons. The Morgan fingerprint density at radius 1 is 1.09 bits per heavy atom. The number of esters is 1. The number of hydrogen-bond donors (Lipinski definition) is 0. The van der Waals surface area contributed by atoms with E-state index in [1.165, 1.54) is 53.3 Å². The Kier molecular flexibility index (Phi) is 6.44. The van der Waals surface area contributed by atoms with E-state index in [9.17, 15) is 25.0 Å². The molecule has 0 bridgehead atoms. The number of carbonyl (C=O) groups excluding carboxylic acids is 1. The predicted octanol–water partition coefficient (Wildman–Crippen LogP) is 3.49. The lowest BCUT2D eigenvalue weighted by atomic mass is 10.2. The molecule has 0 fully saturated rings. The quantitative estimate of drug-likeness (QED) is 0.194.